The van der Waals surface area contributed by atoms with Crippen molar-refractivity contribution >= 4 is 17.3 Å². The summed E-state index contributed by atoms with van der Waals surface area (Å²) in [4.78, 5) is 11.7. The second kappa shape index (κ2) is 5.12. The van der Waals surface area contributed by atoms with Gasteiger partial charge in [0.2, 0.25) is 0 Å². The molecule has 0 saturated heterocycles. The number of amides is 1. The zero-order valence-electron chi connectivity index (χ0n) is 12.3. The maximum Gasteiger partial charge on any atom is 0.265 e. The molecule has 6 nitrogen and oxygen atoms in total. The van der Waals surface area contributed by atoms with E-state index in [1.807, 2.05) is 36.0 Å². The van der Waals surface area contributed by atoms with Gasteiger partial charge in [-0.05, 0) is 38.1 Å². The van der Waals surface area contributed by atoms with Crippen molar-refractivity contribution in [1.29, 1.82) is 0 Å². The molecule has 0 spiro atoms. The summed E-state index contributed by atoms with van der Waals surface area (Å²) >= 11 is 0. The molecule has 0 bridgehead atoms. The summed E-state index contributed by atoms with van der Waals surface area (Å²) in [5.74, 6) is 0.570. The predicted octanol–water partition coefficient (Wildman–Crippen LogP) is 2.31. The van der Waals surface area contributed by atoms with E-state index in [0.29, 0.717) is 11.4 Å². The van der Waals surface area contributed by atoms with Gasteiger partial charge in [0.1, 0.15) is 5.75 Å². The monoisotopic (exact) mass is 286 g/mol. The number of rotatable bonds is 3. The summed E-state index contributed by atoms with van der Waals surface area (Å²) < 4.78 is 7.38. The highest BCUT2D eigenvalue weighted by Gasteiger charge is 2.23. The number of anilines is 2. The number of carbonyl (C=O) groups is 1. The van der Waals surface area contributed by atoms with Crippen molar-refractivity contribution in [2.45, 2.75) is 26.0 Å². The molecule has 1 aromatic heterocycles. The van der Waals surface area contributed by atoms with Crippen molar-refractivity contribution in [3.8, 4) is 5.75 Å². The topological polar surface area (TPSA) is 68.2 Å². The molecule has 2 heterocycles. The van der Waals surface area contributed by atoms with Crippen LogP contribution < -0.4 is 15.4 Å². The Balaban J connectivity index is 1.80. The fourth-order valence-corrected chi connectivity index (χ4v) is 2.43. The Labute approximate surface area is 123 Å². The average Bonchev–Trinajstić information content (AvgIpc) is 2.87. The first-order valence-corrected chi connectivity index (χ1v) is 6.90. The molecular formula is C15H18N4O2. The third-order valence-electron chi connectivity index (χ3n) is 3.60. The molecule has 1 aliphatic heterocycles. The van der Waals surface area contributed by atoms with Crippen molar-refractivity contribution in [2.24, 2.45) is 7.05 Å². The Morgan fingerprint density at radius 3 is 2.95 bits per heavy atom. The van der Waals surface area contributed by atoms with E-state index in [-0.39, 0.29) is 11.9 Å². The van der Waals surface area contributed by atoms with Gasteiger partial charge in [-0.1, -0.05) is 0 Å². The number of hydrogen-bond acceptors (Lipinski definition) is 4. The van der Waals surface area contributed by atoms with Crippen molar-refractivity contribution < 1.29 is 9.53 Å². The highest BCUT2D eigenvalue weighted by molar-refractivity contribution is 5.98. The zero-order chi connectivity index (χ0) is 15.0. The molecular weight excluding hydrogens is 268 g/mol. The number of aromatic nitrogens is 2. The molecule has 3 rings (SSSR count). The second-order valence-corrected chi connectivity index (χ2v) is 5.21. The minimum Gasteiger partial charge on any atom is -0.479 e. The van der Waals surface area contributed by atoms with Gasteiger partial charge < -0.3 is 15.4 Å². The molecule has 0 radical (unpaired) electrons. The van der Waals surface area contributed by atoms with Crippen LogP contribution in [0.15, 0.2) is 30.5 Å². The molecule has 2 unspecified atom stereocenters. The third kappa shape index (κ3) is 2.56. The van der Waals surface area contributed by atoms with Crippen LogP contribution in [0.1, 0.15) is 25.6 Å². The molecule has 2 N–H and O–H groups in total. The minimum atomic E-state index is -0.454. The number of hydrogen-bond donors (Lipinski definition) is 2. The van der Waals surface area contributed by atoms with E-state index in [0.717, 1.165) is 11.4 Å². The lowest BCUT2D eigenvalue weighted by molar-refractivity contribution is -0.122. The quantitative estimate of drug-likeness (QED) is 0.908. The average molecular weight is 286 g/mol. The van der Waals surface area contributed by atoms with Gasteiger partial charge >= 0.3 is 0 Å². The number of aryl methyl sites for hydroxylation is 1. The van der Waals surface area contributed by atoms with E-state index >= 15 is 0 Å². The van der Waals surface area contributed by atoms with Crippen LogP contribution in [-0.2, 0) is 11.8 Å². The molecule has 2 aromatic rings. The number of fused-ring (bicyclic) bond motifs is 1. The van der Waals surface area contributed by atoms with Gasteiger partial charge in [0.25, 0.3) is 5.91 Å². The lowest BCUT2D eigenvalue weighted by Gasteiger charge is -2.24. The summed E-state index contributed by atoms with van der Waals surface area (Å²) in [5, 5.41) is 10.4. The van der Waals surface area contributed by atoms with Crippen LogP contribution in [0.25, 0.3) is 0 Å². The van der Waals surface area contributed by atoms with E-state index in [9.17, 15) is 4.79 Å². The second-order valence-electron chi connectivity index (χ2n) is 5.21. The van der Waals surface area contributed by atoms with Crippen LogP contribution >= 0.6 is 0 Å². The summed E-state index contributed by atoms with van der Waals surface area (Å²) in [6, 6.07) is 7.77. The molecule has 0 aliphatic carbocycles. The number of nitrogens with one attached hydrogen (secondary N) is 2. The number of nitrogens with zero attached hydrogens (tertiary/aromatic N) is 2. The SMILES string of the molecule is CC1Oc2ccc(NC(C)c3ccnn3C)cc2NC1=O. The first kappa shape index (κ1) is 13.5. The normalized spacial score (nSPS) is 18.4. The fraction of sp³-hybridized carbons (Fsp3) is 0.333. The summed E-state index contributed by atoms with van der Waals surface area (Å²) in [7, 11) is 1.91. The molecule has 1 aromatic carbocycles. The Morgan fingerprint density at radius 1 is 1.43 bits per heavy atom. The molecule has 1 aliphatic rings. The Bertz CT molecular complexity index is 680. The lowest BCUT2D eigenvalue weighted by atomic mass is 10.1. The van der Waals surface area contributed by atoms with Gasteiger partial charge in [-0.15, -0.1) is 0 Å². The van der Waals surface area contributed by atoms with Gasteiger partial charge in [-0.25, -0.2) is 0 Å². The molecule has 110 valence electrons. The maximum absolute atomic E-state index is 11.7. The lowest BCUT2D eigenvalue weighted by Crippen LogP contribution is -2.34. The van der Waals surface area contributed by atoms with Crippen LogP contribution in [0, 0.1) is 0 Å². The van der Waals surface area contributed by atoms with E-state index in [4.69, 9.17) is 4.74 Å². The van der Waals surface area contributed by atoms with E-state index in [2.05, 4.69) is 22.7 Å². The number of benzene rings is 1. The Hall–Kier alpha value is -2.50. The van der Waals surface area contributed by atoms with Crippen molar-refractivity contribution in [3.05, 3.63) is 36.2 Å². The number of ether oxygens (including phenoxy) is 1. The molecule has 2 atom stereocenters. The van der Waals surface area contributed by atoms with Gasteiger partial charge in [0.15, 0.2) is 6.10 Å². The fourth-order valence-electron chi connectivity index (χ4n) is 2.43. The molecule has 0 fully saturated rings. The zero-order valence-corrected chi connectivity index (χ0v) is 12.3. The number of carbonyl (C=O) groups excluding carboxylic acids is 1. The van der Waals surface area contributed by atoms with Crippen LogP contribution in [0.5, 0.6) is 5.75 Å². The first-order valence-electron chi connectivity index (χ1n) is 6.90. The maximum atomic E-state index is 11.7. The summed E-state index contributed by atoms with van der Waals surface area (Å²) in [6.07, 6.45) is 1.32. The highest BCUT2D eigenvalue weighted by Crippen LogP contribution is 2.33. The van der Waals surface area contributed by atoms with Crippen molar-refractivity contribution in [2.75, 3.05) is 10.6 Å². The first-order chi connectivity index (χ1) is 10.0. The third-order valence-corrected chi connectivity index (χ3v) is 3.60. The van der Waals surface area contributed by atoms with Crippen LogP contribution in [-0.4, -0.2) is 21.8 Å². The van der Waals surface area contributed by atoms with E-state index < -0.39 is 6.10 Å². The smallest absolute Gasteiger partial charge is 0.265 e. The van der Waals surface area contributed by atoms with Crippen molar-refractivity contribution in [1.82, 2.24) is 9.78 Å². The molecule has 21 heavy (non-hydrogen) atoms. The summed E-state index contributed by atoms with van der Waals surface area (Å²) in [6.45, 7) is 3.79. The van der Waals surface area contributed by atoms with Crippen LogP contribution in [0.2, 0.25) is 0 Å². The van der Waals surface area contributed by atoms with E-state index in [1.54, 1.807) is 13.1 Å². The van der Waals surface area contributed by atoms with Gasteiger partial charge in [-0.3, -0.25) is 9.48 Å². The Morgan fingerprint density at radius 2 is 2.24 bits per heavy atom. The van der Waals surface area contributed by atoms with Gasteiger partial charge in [0, 0.05) is 18.9 Å². The molecule has 6 heteroatoms. The van der Waals surface area contributed by atoms with Gasteiger partial charge in [-0.2, -0.15) is 5.10 Å². The van der Waals surface area contributed by atoms with Crippen LogP contribution in [0.3, 0.4) is 0 Å². The van der Waals surface area contributed by atoms with Crippen molar-refractivity contribution in [3.63, 3.8) is 0 Å². The van der Waals surface area contributed by atoms with Crippen LogP contribution in [0.4, 0.5) is 11.4 Å². The standard InChI is InChI=1S/C15H18N4O2/c1-9(13-6-7-16-19(13)3)17-11-4-5-14-12(8-11)18-15(20)10(2)21-14/h4-10,17H,1-3H3,(H,18,20). The van der Waals surface area contributed by atoms with E-state index in [1.165, 1.54) is 0 Å². The predicted molar refractivity (Wildman–Crippen MR) is 80.4 cm³/mol. The summed E-state index contributed by atoms with van der Waals surface area (Å²) in [5.41, 5.74) is 2.70. The Kier molecular flexibility index (Phi) is 3.29. The molecule has 0 saturated carbocycles. The minimum absolute atomic E-state index is 0.106. The highest BCUT2D eigenvalue weighted by atomic mass is 16.5. The van der Waals surface area contributed by atoms with Gasteiger partial charge in [0.05, 0.1) is 17.4 Å². The molecule has 1 amide bonds. The largest absolute Gasteiger partial charge is 0.479 e.